The quantitative estimate of drug-likeness (QED) is 0.205. The number of aromatic nitrogens is 4. The van der Waals surface area contributed by atoms with Gasteiger partial charge in [0.05, 0.1) is 34.2 Å². The summed E-state index contributed by atoms with van der Waals surface area (Å²) < 4.78 is 29.9. The predicted octanol–water partition coefficient (Wildman–Crippen LogP) is 7.47. The lowest BCUT2D eigenvalue weighted by atomic mass is 9.90. The topological polar surface area (TPSA) is 85.7 Å². The molecule has 0 fully saturated rings. The van der Waals surface area contributed by atoms with Crippen molar-refractivity contribution in [3.8, 4) is 22.8 Å². The van der Waals surface area contributed by atoms with Gasteiger partial charge in [0.1, 0.15) is 9.81 Å². The van der Waals surface area contributed by atoms with E-state index in [1.54, 1.807) is 24.5 Å². The lowest BCUT2D eigenvalue weighted by Crippen LogP contribution is -2.06. The van der Waals surface area contributed by atoms with E-state index in [-0.39, 0.29) is 9.81 Å². The second kappa shape index (κ2) is 11.0. The zero-order valence-corrected chi connectivity index (χ0v) is 23.7. The third-order valence-corrected chi connectivity index (χ3v) is 9.09. The first kappa shape index (κ1) is 26.4. The number of sulfone groups is 1. The zero-order chi connectivity index (χ0) is 29.2. The van der Waals surface area contributed by atoms with Crippen LogP contribution in [0.25, 0.3) is 43.7 Å². The fraction of sp³-hybridized carbons (Fsp3) is 0. The second-order valence-corrected chi connectivity index (χ2v) is 11.7. The lowest BCUT2D eigenvalue weighted by molar-refractivity contribution is 0.615. The zero-order valence-electron chi connectivity index (χ0n) is 22.9. The van der Waals surface area contributed by atoms with Crippen LogP contribution in [0.5, 0.6) is 0 Å². The van der Waals surface area contributed by atoms with Gasteiger partial charge in [0, 0.05) is 23.5 Å². The van der Waals surface area contributed by atoms with E-state index in [0.717, 1.165) is 11.1 Å². The van der Waals surface area contributed by atoms with Crippen molar-refractivity contribution < 1.29 is 8.42 Å². The molecule has 6 aromatic rings. The molecule has 6 nitrogen and oxygen atoms in total. The van der Waals surface area contributed by atoms with Crippen LogP contribution in [0.2, 0.25) is 0 Å². The normalized spacial score (nSPS) is 14.2. The monoisotopic (exact) mass is 576 g/mol. The van der Waals surface area contributed by atoms with Crippen LogP contribution in [0.15, 0.2) is 146 Å². The molecule has 7 heteroatoms. The largest absolute Gasteiger partial charge is 0.255 e. The van der Waals surface area contributed by atoms with E-state index >= 15 is 0 Å². The Labute approximate surface area is 249 Å². The fourth-order valence-corrected chi connectivity index (χ4v) is 7.29. The number of rotatable bonds is 6. The van der Waals surface area contributed by atoms with Crippen LogP contribution in [0.4, 0.5) is 0 Å². The molecule has 0 saturated heterocycles. The predicted molar refractivity (Wildman–Crippen MR) is 170 cm³/mol. The van der Waals surface area contributed by atoms with Gasteiger partial charge in [0.2, 0.25) is 9.84 Å². The van der Waals surface area contributed by atoms with Crippen molar-refractivity contribution in [2.24, 2.45) is 0 Å². The third kappa shape index (κ3) is 4.86. The van der Waals surface area contributed by atoms with Gasteiger partial charge in [0.15, 0.2) is 0 Å². The molecular formula is C36H24N4O2S. The molecule has 0 spiro atoms. The molecule has 0 aliphatic carbocycles. The highest BCUT2D eigenvalue weighted by Gasteiger charge is 2.42. The summed E-state index contributed by atoms with van der Waals surface area (Å²) >= 11 is 0. The number of hydrogen-bond acceptors (Lipinski definition) is 6. The van der Waals surface area contributed by atoms with Crippen LogP contribution in [0.1, 0.15) is 22.5 Å². The van der Waals surface area contributed by atoms with Crippen LogP contribution < -0.4 is 0 Å². The smallest absolute Gasteiger partial charge is 0.212 e. The van der Waals surface area contributed by atoms with Gasteiger partial charge in [-0.05, 0) is 59.7 Å². The van der Waals surface area contributed by atoms with Gasteiger partial charge in [-0.1, -0.05) is 84.9 Å². The molecule has 2 aromatic carbocycles. The summed E-state index contributed by atoms with van der Waals surface area (Å²) in [4.78, 5) is 18.9. The molecule has 0 unspecified atom stereocenters. The van der Waals surface area contributed by atoms with E-state index < -0.39 is 9.84 Å². The van der Waals surface area contributed by atoms with Crippen molar-refractivity contribution in [3.63, 3.8) is 0 Å². The Kier molecular flexibility index (Phi) is 6.77. The molecule has 7 rings (SSSR count). The Morgan fingerprint density at radius 2 is 0.744 bits per heavy atom. The molecule has 1 aliphatic heterocycles. The average Bonchev–Trinajstić information content (AvgIpc) is 3.33. The summed E-state index contributed by atoms with van der Waals surface area (Å²) in [5.74, 6) is 0. The Hall–Kier alpha value is -5.53. The summed E-state index contributed by atoms with van der Waals surface area (Å²) in [6.07, 6.45) is 3.39. The molecule has 0 bridgehead atoms. The Morgan fingerprint density at radius 3 is 1.14 bits per heavy atom. The first-order valence-corrected chi connectivity index (χ1v) is 15.2. The molecule has 0 radical (unpaired) electrons. The molecule has 5 heterocycles. The average molecular weight is 577 g/mol. The van der Waals surface area contributed by atoms with Gasteiger partial charge < -0.3 is 0 Å². The Morgan fingerprint density at radius 1 is 0.372 bits per heavy atom. The Bertz CT molecular complexity index is 1960. The maximum absolute atomic E-state index is 14.9. The van der Waals surface area contributed by atoms with Crippen LogP contribution >= 0.6 is 0 Å². The van der Waals surface area contributed by atoms with Crippen molar-refractivity contribution in [3.05, 3.63) is 168 Å². The van der Waals surface area contributed by atoms with Gasteiger partial charge in [-0.15, -0.1) is 0 Å². The van der Waals surface area contributed by atoms with E-state index in [0.29, 0.717) is 45.3 Å². The van der Waals surface area contributed by atoms with E-state index in [9.17, 15) is 8.42 Å². The summed E-state index contributed by atoms with van der Waals surface area (Å²) in [6.45, 7) is 0. The number of hydrogen-bond donors (Lipinski definition) is 0. The number of pyridine rings is 4. The Balaban J connectivity index is 1.54. The molecule has 206 valence electrons. The molecular weight excluding hydrogens is 552 g/mol. The number of nitrogens with zero attached hydrogens (tertiary/aromatic N) is 4. The van der Waals surface area contributed by atoms with E-state index in [1.807, 2.05) is 121 Å². The van der Waals surface area contributed by atoms with Crippen molar-refractivity contribution in [1.29, 1.82) is 0 Å². The fourth-order valence-electron chi connectivity index (χ4n) is 5.33. The van der Waals surface area contributed by atoms with E-state index in [2.05, 4.69) is 9.97 Å². The minimum atomic E-state index is -4.13. The van der Waals surface area contributed by atoms with Gasteiger partial charge >= 0.3 is 0 Å². The summed E-state index contributed by atoms with van der Waals surface area (Å²) in [5, 5.41) is 0. The lowest BCUT2D eigenvalue weighted by Gasteiger charge is -2.12. The molecule has 0 amide bonds. The maximum Gasteiger partial charge on any atom is 0.212 e. The number of allylic oxidation sites excluding steroid dienone is 2. The van der Waals surface area contributed by atoms with Gasteiger partial charge in [-0.3, -0.25) is 9.97 Å². The van der Waals surface area contributed by atoms with Crippen molar-refractivity contribution in [1.82, 2.24) is 19.9 Å². The van der Waals surface area contributed by atoms with Crippen molar-refractivity contribution in [2.45, 2.75) is 0 Å². The minimum Gasteiger partial charge on any atom is -0.255 e. The molecule has 4 aromatic heterocycles. The molecule has 1 aliphatic rings. The van der Waals surface area contributed by atoms with E-state index in [1.165, 1.54) is 0 Å². The standard InChI is InChI=1S/C36H24N4O2S/c41-43(42)35(31-21-11-19-29(39-31)27-17-7-9-23-37-27)33(25-13-3-1-4-14-25)34(26-15-5-2-6-16-26)36(43)32-22-12-20-30(40-32)28-18-8-10-24-38-28/h1-24H. The second-order valence-electron chi connectivity index (χ2n) is 9.89. The van der Waals surface area contributed by atoms with Gasteiger partial charge in [0.25, 0.3) is 0 Å². The third-order valence-electron chi connectivity index (χ3n) is 7.18. The first-order chi connectivity index (χ1) is 21.1. The number of benzene rings is 2. The van der Waals surface area contributed by atoms with Crippen LogP contribution in [-0.4, -0.2) is 28.4 Å². The summed E-state index contributed by atoms with van der Waals surface area (Å²) in [7, 11) is -4.13. The SMILES string of the molecule is O=S1(=O)C(c2cccc(-c3ccccn3)n2)=C(c2ccccc2)C(c2ccccc2)=C1c1cccc(-c2ccccn2)n1. The molecule has 0 atom stereocenters. The van der Waals surface area contributed by atoms with Crippen LogP contribution in [0.3, 0.4) is 0 Å². The maximum atomic E-state index is 14.9. The summed E-state index contributed by atoms with van der Waals surface area (Å²) in [5.41, 5.74) is 5.84. The van der Waals surface area contributed by atoms with Crippen LogP contribution in [0, 0.1) is 0 Å². The van der Waals surface area contributed by atoms with Crippen LogP contribution in [-0.2, 0) is 9.84 Å². The van der Waals surface area contributed by atoms with Crippen molar-refractivity contribution in [2.75, 3.05) is 0 Å². The highest BCUT2D eigenvalue weighted by atomic mass is 32.2. The first-order valence-electron chi connectivity index (χ1n) is 13.7. The molecule has 43 heavy (non-hydrogen) atoms. The summed E-state index contributed by atoms with van der Waals surface area (Å²) in [6, 6.07) is 41.1. The van der Waals surface area contributed by atoms with Gasteiger partial charge in [-0.25, -0.2) is 18.4 Å². The molecule has 0 N–H and O–H groups in total. The van der Waals surface area contributed by atoms with E-state index in [4.69, 9.17) is 9.97 Å². The highest BCUT2D eigenvalue weighted by Crippen LogP contribution is 2.53. The van der Waals surface area contributed by atoms with Gasteiger partial charge in [-0.2, -0.15) is 0 Å². The highest BCUT2D eigenvalue weighted by molar-refractivity contribution is 8.10. The minimum absolute atomic E-state index is 0.135. The van der Waals surface area contributed by atoms with Crippen molar-refractivity contribution >= 4 is 30.8 Å². The molecule has 0 saturated carbocycles.